The molecule has 0 radical (unpaired) electrons. The maximum Gasteiger partial charge on any atom is 0.245 e. The molecule has 0 bridgehead atoms. The van der Waals surface area contributed by atoms with Crippen molar-refractivity contribution in [2.24, 2.45) is 0 Å². The molecule has 1 N–H and O–H groups in total. The predicted octanol–water partition coefficient (Wildman–Crippen LogP) is 2.16. The molecule has 1 aromatic heterocycles. The molecule has 31 heavy (non-hydrogen) atoms. The number of nitrogens with zero attached hydrogens (tertiary/aromatic N) is 5. The van der Waals surface area contributed by atoms with E-state index in [-0.39, 0.29) is 35.5 Å². The van der Waals surface area contributed by atoms with Crippen LogP contribution < -0.4 is 5.32 Å². The van der Waals surface area contributed by atoms with Crippen LogP contribution in [-0.4, -0.2) is 65.0 Å². The van der Waals surface area contributed by atoms with Gasteiger partial charge >= 0.3 is 0 Å². The zero-order valence-corrected chi connectivity index (χ0v) is 18.5. The molecule has 0 saturated carbocycles. The molecule has 0 spiro atoms. The molecule has 3 aromatic rings. The van der Waals surface area contributed by atoms with Gasteiger partial charge < -0.3 is 5.32 Å². The number of carbonyl (C=O) groups excluding carboxylic acids is 1. The molecule has 2 aromatic carbocycles. The van der Waals surface area contributed by atoms with Crippen LogP contribution in [0, 0.1) is 11.3 Å². The molecule has 1 amide bonds. The number of sulfonamides is 1. The van der Waals surface area contributed by atoms with Crippen LogP contribution in [0.15, 0.2) is 41.3 Å². The van der Waals surface area contributed by atoms with Gasteiger partial charge in [-0.1, -0.05) is 17.7 Å². The number of nitriles is 1. The largest absolute Gasteiger partial charge is 0.325 e. The first-order chi connectivity index (χ1) is 14.9. The third-order valence-electron chi connectivity index (χ3n) is 4.94. The van der Waals surface area contributed by atoms with Crippen molar-refractivity contribution in [3.05, 3.63) is 47.0 Å². The average Bonchev–Trinajstić information content (AvgIpc) is 3.23. The second kappa shape index (κ2) is 8.86. The number of hydrogen-bond acceptors (Lipinski definition) is 8. The minimum atomic E-state index is -3.70. The van der Waals surface area contributed by atoms with Crippen molar-refractivity contribution in [2.75, 3.05) is 38.0 Å². The topological polar surface area (TPSA) is 119 Å². The van der Waals surface area contributed by atoms with Gasteiger partial charge in [0.15, 0.2) is 0 Å². The van der Waals surface area contributed by atoms with E-state index in [4.69, 9.17) is 16.9 Å². The normalized spacial score (nSPS) is 15.6. The quantitative estimate of drug-likeness (QED) is 0.599. The first kappa shape index (κ1) is 21.6. The minimum Gasteiger partial charge on any atom is -0.325 e. The highest BCUT2D eigenvalue weighted by molar-refractivity contribution is 7.89. The van der Waals surface area contributed by atoms with Crippen molar-refractivity contribution in [3.8, 4) is 6.07 Å². The van der Waals surface area contributed by atoms with Crippen LogP contribution in [0.25, 0.3) is 11.0 Å². The number of hydrogen-bond donors (Lipinski definition) is 1. The van der Waals surface area contributed by atoms with Crippen LogP contribution in [0.1, 0.15) is 5.56 Å². The fourth-order valence-electron chi connectivity index (χ4n) is 3.34. The van der Waals surface area contributed by atoms with E-state index >= 15 is 0 Å². The van der Waals surface area contributed by atoms with Gasteiger partial charge in [0, 0.05) is 31.9 Å². The Labute approximate surface area is 188 Å². The van der Waals surface area contributed by atoms with Crippen LogP contribution in [0.5, 0.6) is 0 Å². The van der Waals surface area contributed by atoms with E-state index in [0.29, 0.717) is 35.4 Å². The summed E-state index contributed by atoms with van der Waals surface area (Å²) in [5.41, 5.74) is 1.78. The predicted molar refractivity (Wildman–Crippen MR) is 117 cm³/mol. The summed E-state index contributed by atoms with van der Waals surface area (Å²) in [4.78, 5) is 14.4. The Kier molecular flexibility index (Phi) is 6.17. The van der Waals surface area contributed by atoms with Crippen molar-refractivity contribution < 1.29 is 13.2 Å². The molecule has 4 rings (SSSR count). The summed E-state index contributed by atoms with van der Waals surface area (Å²) in [5.74, 6) is -0.240. The Morgan fingerprint density at radius 3 is 2.68 bits per heavy atom. The van der Waals surface area contributed by atoms with E-state index in [2.05, 4.69) is 14.1 Å². The smallest absolute Gasteiger partial charge is 0.245 e. The van der Waals surface area contributed by atoms with Gasteiger partial charge in [0.25, 0.3) is 0 Å². The van der Waals surface area contributed by atoms with Gasteiger partial charge in [-0.3, -0.25) is 9.69 Å². The molecule has 0 aliphatic carbocycles. The Balaban J connectivity index is 1.36. The fraction of sp³-hybridized carbons (Fsp3) is 0.263. The van der Waals surface area contributed by atoms with Crippen LogP contribution in [0.4, 0.5) is 5.69 Å². The first-order valence-electron chi connectivity index (χ1n) is 9.32. The Bertz CT molecular complexity index is 1280. The molecule has 2 heterocycles. The van der Waals surface area contributed by atoms with Gasteiger partial charge in [-0.2, -0.15) is 18.3 Å². The Hall–Kier alpha value is -2.62. The lowest BCUT2D eigenvalue weighted by molar-refractivity contribution is -0.117. The zero-order chi connectivity index (χ0) is 22.0. The van der Waals surface area contributed by atoms with E-state index in [1.54, 1.807) is 30.3 Å². The molecule has 0 unspecified atom stereocenters. The SMILES string of the molecule is N#Cc1ccc(NC(=O)CN2CCN(S(=O)(=O)c3cccc4nsnc34)CC2)cc1Cl. The number of anilines is 1. The number of piperazine rings is 1. The Morgan fingerprint density at radius 1 is 1.19 bits per heavy atom. The van der Waals surface area contributed by atoms with E-state index < -0.39 is 10.0 Å². The summed E-state index contributed by atoms with van der Waals surface area (Å²) in [7, 11) is -3.70. The summed E-state index contributed by atoms with van der Waals surface area (Å²) in [5, 5.41) is 11.9. The summed E-state index contributed by atoms with van der Waals surface area (Å²) < 4.78 is 35.8. The average molecular weight is 477 g/mol. The van der Waals surface area contributed by atoms with Crippen molar-refractivity contribution in [1.29, 1.82) is 5.26 Å². The standard InChI is InChI=1S/C19H17ClN6O3S2/c20-15-10-14(5-4-13(15)11-21)22-18(27)12-25-6-8-26(9-7-25)31(28,29)17-3-1-2-16-19(17)24-30-23-16/h1-5,10H,6-9,12H2,(H,22,27). The number of carbonyl (C=O) groups is 1. The van der Waals surface area contributed by atoms with E-state index in [1.807, 2.05) is 11.0 Å². The number of aromatic nitrogens is 2. The number of fused-ring (bicyclic) bond motifs is 1. The van der Waals surface area contributed by atoms with Gasteiger partial charge in [0.05, 0.1) is 28.9 Å². The number of nitrogens with one attached hydrogen (secondary N) is 1. The van der Waals surface area contributed by atoms with Gasteiger partial charge in [-0.15, -0.1) is 0 Å². The number of halogens is 1. The summed E-state index contributed by atoms with van der Waals surface area (Å²) in [6.45, 7) is 1.51. The highest BCUT2D eigenvalue weighted by atomic mass is 35.5. The summed E-state index contributed by atoms with van der Waals surface area (Å²) >= 11 is 6.97. The number of benzene rings is 2. The first-order valence-corrected chi connectivity index (χ1v) is 11.9. The van der Waals surface area contributed by atoms with Crippen molar-refractivity contribution in [1.82, 2.24) is 18.0 Å². The monoisotopic (exact) mass is 476 g/mol. The third kappa shape index (κ3) is 4.53. The molecule has 9 nitrogen and oxygen atoms in total. The maximum absolute atomic E-state index is 13.1. The zero-order valence-electron chi connectivity index (χ0n) is 16.2. The van der Waals surface area contributed by atoms with Crippen LogP contribution in [0.2, 0.25) is 5.02 Å². The molecule has 1 aliphatic rings. The summed E-state index contributed by atoms with van der Waals surface area (Å²) in [6.07, 6.45) is 0. The van der Waals surface area contributed by atoms with Gasteiger partial charge in [-0.25, -0.2) is 8.42 Å². The number of amides is 1. The maximum atomic E-state index is 13.1. The molecule has 1 fully saturated rings. The molecule has 12 heteroatoms. The molecule has 0 atom stereocenters. The molecular formula is C19H17ClN6O3S2. The van der Waals surface area contributed by atoms with Gasteiger partial charge in [-0.05, 0) is 30.3 Å². The van der Waals surface area contributed by atoms with Crippen LogP contribution in [-0.2, 0) is 14.8 Å². The van der Waals surface area contributed by atoms with E-state index in [0.717, 1.165) is 11.7 Å². The van der Waals surface area contributed by atoms with Crippen LogP contribution in [0.3, 0.4) is 0 Å². The fourth-order valence-corrected chi connectivity index (χ4v) is 5.74. The van der Waals surface area contributed by atoms with Gasteiger partial charge in [0.1, 0.15) is 22.0 Å². The lowest BCUT2D eigenvalue weighted by Crippen LogP contribution is -2.50. The lowest BCUT2D eigenvalue weighted by Gasteiger charge is -2.33. The molecule has 1 aliphatic heterocycles. The molecule has 1 saturated heterocycles. The highest BCUT2D eigenvalue weighted by Crippen LogP contribution is 2.25. The highest BCUT2D eigenvalue weighted by Gasteiger charge is 2.31. The minimum absolute atomic E-state index is 0.122. The second-order valence-corrected chi connectivity index (χ2v) is 9.76. The van der Waals surface area contributed by atoms with Crippen molar-refractivity contribution >= 4 is 56.0 Å². The van der Waals surface area contributed by atoms with Gasteiger partial charge in [0.2, 0.25) is 15.9 Å². The van der Waals surface area contributed by atoms with Crippen molar-refractivity contribution in [2.45, 2.75) is 4.90 Å². The molecule has 160 valence electrons. The lowest BCUT2D eigenvalue weighted by atomic mass is 10.2. The van der Waals surface area contributed by atoms with Crippen LogP contribution >= 0.6 is 23.3 Å². The Morgan fingerprint density at radius 2 is 1.97 bits per heavy atom. The molecular weight excluding hydrogens is 460 g/mol. The second-order valence-electron chi connectivity index (χ2n) is 6.92. The summed E-state index contributed by atoms with van der Waals surface area (Å²) in [6, 6.07) is 11.6. The third-order valence-corrected chi connectivity index (χ3v) is 7.72. The van der Waals surface area contributed by atoms with E-state index in [1.165, 1.54) is 10.4 Å². The van der Waals surface area contributed by atoms with E-state index in [9.17, 15) is 13.2 Å². The number of rotatable bonds is 5. The van der Waals surface area contributed by atoms with Crippen molar-refractivity contribution in [3.63, 3.8) is 0 Å².